The van der Waals surface area contributed by atoms with Crippen molar-refractivity contribution in [2.45, 2.75) is 32.6 Å². The van der Waals surface area contributed by atoms with Gasteiger partial charge in [-0.15, -0.1) is 0 Å². The average molecular weight is 231 g/mol. The monoisotopic (exact) mass is 231 g/mol. The van der Waals surface area contributed by atoms with Gasteiger partial charge in [0.05, 0.1) is 0 Å². The van der Waals surface area contributed by atoms with E-state index in [9.17, 15) is 4.79 Å². The highest BCUT2D eigenvalue weighted by Crippen LogP contribution is 2.25. The molecule has 0 atom stereocenters. The van der Waals surface area contributed by atoms with E-state index in [1.54, 1.807) is 6.20 Å². The Hall–Kier alpha value is -1.77. The van der Waals surface area contributed by atoms with Crippen molar-refractivity contribution in [3.05, 3.63) is 30.5 Å². The highest BCUT2D eigenvalue weighted by atomic mass is 16.5. The van der Waals surface area contributed by atoms with E-state index in [0.717, 1.165) is 30.2 Å². The van der Waals surface area contributed by atoms with Crippen molar-refractivity contribution < 1.29 is 9.53 Å². The van der Waals surface area contributed by atoms with Gasteiger partial charge in [0.25, 0.3) is 0 Å². The lowest BCUT2D eigenvalue weighted by molar-refractivity contribution is -0.134. The fourth-order valence-corrected chi connectivity index (χ4v) is 1.82. The maximum atomic E-state index is 11.6. The quantitative estimate of drug-likeness (QED) is 0.630. The third-order valence-electron chi connectivity index (χ3n) is 2.76. The molecule has 2 rings (SSSR count). The van der Waals surface area contributed by atoms with E-state index in [0.29, 0.717) is 12.2 Å². The molecule has 0 saturated carbocycles. The van der Waals surface area contributed by atoms with E-state index >= 15 is 0 Å². The highest BCUT2D eigenvalue weighted by molar-refractivity contribution is 5.88. The van der Waals surface area contributed by atoms with Gasteiger partial charge in [-0.2, -0.15) is 0 Å². The first-order valence-corrected chi connectivity index (χ1v) is 6.08. The first kappa shape index (κ1) is 11.7. The minimum Gasteiger partial charge on any atom is -0.424 e. The largest absolute Gasteiger partial charge is 0.424 e. The molecule has 0 bridgehead atoms. The molecule has 1 aromatic carbocycles. The van der Waals surface area contributed by atoms with E-state index < -0.39 is 0 Å². The van der Waals surface area contributed by atoms with Gasteiger partial charge in [-0.1, -0.05) is 31.9 Å². The Kier molecular flexibility index (Phi) is 3.81. The van der Waals surface area contributed by atoms with Crippen molar-refractivity contribution in [3.63, 3.8) is 0 Å². The van der Waals surface area contributed by atoms with Crippen LogP contribution < -0.4 is 4.74 Å². The Balaban J connectivity index is 2.01. The summed E-state index contributed by atoms with van der Waals surface area (Å²) in [7, 11) is 0. The molecule has 0 unspecified atom stereocenters. The normalized spacial score (nSPS) is 10.6. The lowest BCUT2D eigenvalue weighted by atomic mass is 10.2. The number of unbranched alkanes of at least 4 members (excludes halogenated alkanes) is 2. The lowest BCUT2D eigenvalue weighted by Crippen LogP contribution is -2.06. The van der Waals surface area contributed by atoms with Crippen LogP contribution in [-0.4, -0.2) is 11.0 Å². The van der Waals surface area contributed by atoms with Crippen molar-refractivity contribution in [3.8, 4) is 5.75 Å². The number of H-pyrrole nitrogens is 1. The number of aromatic nitrogens is 1. The van der Waals surface area contributed by atoms with Crippen LogP contribution in [0.4, 0.5) is 0 Å². The Morgan fingerprint density at radius 1 is 1.29 bits per heavy atom. The smallest absolute Gasteiger partial charge is 0.311 e. The van der Waals surface area contributed by atoms with E-state index in [-0.39, 0.29) is 5.97 Å². The Bertz CT molecular complexity index is 502. The molecule has 90 valence electrons. The van der Waals surface area contributed by atoms with Crippen molar-refractivity contribution in [1.29, 1.82) is 0 Å². The number of nitrogens with one attached hydrogen (secondary N) is 1. The van der Waals surface area contributed by atoms with E-state index in [1.165, 1.54) is 0 Å². The summed E-state index contributed by atoms with van der Waals surface area (Å²) in [5, 5.41) is 0.955. The maximum Gasteiger partial charge on any atom is 0.311 e. The number of esters is 1. The molecule has 3 nitrogen and oxygen atoms in total. The van der Waals surface area contributed by atoms with Gasteiger partial charge in [-0.05, 0) is 18.6 Å². The number of carbonyl (C=O) groups excluding carboxylic acids is 1. The molecule has 0 radical (unpaired) electrons. The molecule has 1 N–H and O–H groups in total. The number of hydrogen-bond donors (Lipinski definition) is 1. The molecule has 1 heterocycles. The van der Waals surface area contributed by atoms with Crippen LogP contribution in [0.3, 0.4) is 0 Å². The van der Waals surface area contributed by atoms with Gasteiger partial charge in [0.15, 0.2) is 5.75 Å². The minimum atomic E-state index is -0.150. The van der Waals surface area contributed by atoms with Gasteiger partial charge in [-0.25, -0.2) is 0 Å². The molecular formula is C14H17NO2. The van der Waals surface area contributed by atoms with E-state index in [4.69, 9.17) is 4.74 Å². The molecule has 0 aliphatic carbocycles. The summed E-state index contributed by atoms with van der Waals surface area (Å²) in [4.78, 5) is 14.7. The molecule has 0 fully saturated rings. The van der Waals surface area contributed by atoms with Gasteiger partial charge in [0.1, 0.15) is 0 Å². The average Bonchev–Trinajstić information content (AvgIpc) is 2.73. The molecule has 0 aliphatic rings. The molecule has 0 saturated heterocycles. The Morgan fingerprint density at radius 3 is 2.94 bits per heavy atom. The highest BCUT2D eigenvalue weighted by Gasteiger charge is 2.08. The van der Waals surface area contributed by atoms with Crippen molar-refractivity contribution in [1.82, 2.24) is 4.98 Å². The zero-order valence-corrected chi connectivity index (χ0v) is 10.0. The fourth-order valence-electron chi connectivity index (χ4n) is 1.82. The number of carbonyl (C=O) groups is 1. The molecule has 17 heavy (non-hydrogen) atoms. The lowest BCUT2D eigenvalue weighted by Gasteiger charge is -2.02. The molecule has 3 heteroatoms. The second-order valence-electron chi connectivity index (χ2n) is 4.13. The molecule has 0 amide bonds. The number of aromatic amines is 1. The summed E-state index contributed by atoms with van der Waals surface area (Å²) in [6.45, 7) is 2.12. The molecule has 2 aromatic rings. The molecular weight excluding hydrogens is 214 g/mol. The molecule has 1 aromatic heterocycles. The summed E-state index contributed by atoms with van der Waals surface area (Å²) in [6, 6.07) is 7.79. The van der Waals surface area contributed by atoms with Crippen LogP contribution in [0.15, 0.2) is 30.5 Å². The Morgan fingerprint density at radius 2 is 2.12 bits per heavy atom. The zero-order chi connectivity index (χ0) is 12.1. The van der Waals surface area contributed by atoms with Gasteiger partial charge in [0, 0.05) is 23.5 Å². The molecule has 0 aliphatic heterocycles. The summed E-state index contributed by atoms with van der Waals surface area (Å²) >= 11 is 0. The van der Waals surface area contributed by atoms with Crippen LogP contribution >= 0.6 is 0 Å². The van der Waals surface area contributed by atoms with Crippen LogP contribution in [0.5, 0.6) is 5.75 Å². The van der Waals surface area contributed by atoms with Crippen molar-refractivity contribution >= 4 is 16.9 Å². The zero-order valence-electron chi connectivity index (χ0n) is 10.0. The van der Waals surface area contributed by atoms with Gasteiger partial charge in [0.2, 0.25) is 0 Å². The fraction of sp³-hybridized carbons (Fsp3) is 0.357. The third-order valence-corrected chi connectivity index (χ3v) is 2.76. The van der Waals surface area contributed by atoms with Crippen LogP contribution in [0, 0.1) is 0 Å². The SMILES string of the molecule is CCCCCC(=O)Oc1c[nH]c2ccccc12. The van der Waals surface area contributed by atoms with Crippen LogP contribution in [0.1, 0.15) is 32.6 Å². The summed E-state index contributed by atoms with van der Waals surface area (Å²) in [5.74, 6) is 0.477. The number of para-hydroxylation sites is 1. The second kappa shape index (κ2) is 5.53. The van der Waals surface area contributed by atoms with Crippen molar-refractivity contribution in [2.24, 2.45) is 0 Å². The van der Waals surface area contributed by atoms with Gasteiger partial charge >= 0.3 is 5.97 Å². The predicted octanol–water partition coefficient (Wildman–Crippen LogP) is 3.65. The first-order chi connectivity index (χ1) is 8.31. The summed E-state index contributed by atoms with van der Waals surface area (Å²) < 4.78 is 5.34. The minimum absolute atomic E-state index is 0.150. The summed E-state index contributed by atoms with van der Waals surface area (Å²) in [5.41, 5.74) is 0.990. The number of fused-ring (bicyclic) bond motifs is 1. The maximum absolute atomic E-state index is 11.6. The second-order valence-corrected chi connectivity index (χ2v) is 4.13. The molecule has 0 spiro atoms. The predicted molar refractivity (Wildman–Crippen MR) is 68.1 cm³/mol. The number of hydrogen-bond acceptors (Lipinski definition) is 2. The van der Waals surface area contributed by atoms with E-state index in [1.807, 2.05) is 24.3 Å². The van der Waals surface area contributed by atoms with Crippen LogP contribution in [0.2, 0.25) is 0 Å². The first-order valence-electron chi connectivity index (χ1n) is 6.08. The Labute approximate surface area is 101 Å². The third kappa shape index (κ3) is 2.87. The number of ether oxygens (including phenoxy) is 1. The number of rotatable bonds is 5. The van der Waals surface area contributed by atoms with Crippen LogP contribution in [0.25, 0.3) is 10.9 Å². The van der Waals surface area contributed by atoms with E-state index in [2.05, 4.69) is 11.9 Å². The summed E-state index contributed by atoms with van der Waals surface area (Å²) in [6.07, 6.45) is 5.32. The van der Waals surface area contributed by atoms with Gasteiger partial charge in [-0.3, -0.25) is 4.79 Å². The van der Waals surface area contributed by atoms with Gasteiger partial charge < -0.3 is 9.72 Å². The van der Waals surface area contributed by atoms with Crippen LogP contribution in [-0.2, 0) is 4.79 Å². The standard InChI is InChI=1S/C14H17NO2/c1-2-3-4-9-14(16)17-13-10-15-12-8-6-5-7-11(12)13/h5-8,10,15H,2-4,9H2,1H3. The number of benzene rings is 1. The van der Waals surface area contributed by atoms with Crippen molar-refractivity contribution in [2.75, 3.05) is 0 Å². The topological polar surface area (TPSA) is 42.1 Å².